The predicted molar refractivity (Wildman–Crippen MR) is 133 cm³/mol. The van der Waals surface area contributed by atoms with Crippen LogP contribution in [0.1, 0.15) is 105 Å². The van der Waals surface area contributed by atoms with E-state index >= 15 is 0 Å². The molecule has 0 spiro atoms. The lowest BCUT2D eigenvalue weighted by Crippen LogP contribution is -2.56. The lowest BCUT2D eigenvalue weighted by molar-refractivity contribution is -0.163. The van der Waals surface area contributed by atoms with Gasteiger partial charge in [-0.15, -0.1) is 0 Å². The van der Waals surface area contributed by atoms with Gasteiger partial charge in [-0.2, -0.15) is 0 Å². The zero-order valence-corrected chi connectivity index (χ0v) is 22.0. The van der Waals surface area contributed by atoms with Crippen LogP contribution >= 0.6 is 0 Å². The summed E-state index contributed by atoms with van der Waals surface area (Å²) in [6.45, 7) is 14.9. The average Bonchev–Trinajstić information content (AvgIpc) is 3.06. The minimum atomic E-state index is -0.804. The first-order valence-electron chi connectivity index (χ1n) is 13.9. The van der Waals surface area contributed by atoms with E-state index in [2.05, 4.69) is 39.5 Å². The number of fused-ring (bicyclic) bond motifs is 5. The van der Waals surface area contributed by atoms with Gasteiger partial charge in [0.2, 0.25) is 0 Å². The molecular weight excluding hydrogens is 414 g/mol. The molecule has 5 heteroatoms. The Morgan fingerprint density at radius 1 is 0.909 bits per heavy atom. The van der Waals surface area contributed by atoms with Crippen molar-refractivity contribution in [3.05, 3.63) is 0 Å². The summed E-state index contributed by atoms with van der Waals surface area (Å²) in [7, 11) is 0. The quantitative estimate of drug-likeness (QED) is 0.494. The zero-order chi connectivity index (χ0) is 24.4. The topological polar surface area (TPSA) is 81.0 Å². The SMILES string of the molecule is CCN(CC)CC.C[C@]12CC[C@H](O)C[C@H]1CC[C@@H]1[C@@H]2CC[C@@]2(C)[C@H]1CC[C@@]2(O)CCC(=O)O. The van der Waals surface area contributed by atoms with Crippen LogP contribution in [0.5, 0.6) is 0 Å². The normalized spacial score (nSPS) is 44.3. The minimum absolute atomic E-state index is 0.0740. The Balaban J connectivity index is 0.000000383. The van der Waals surface area contributed by atoms with Crippen molar-refractivity contribution in [2.75, 3.05) is 19.6 Å². The van der Waals surface area contributed by atoms with Gasteiger partial charge < -0.3 is 20.2 Å². The highest BCUT2D eigenvalue weighted by molar-refractivity contribution is 5.66. The maximum atomic E-state index is 11.4. The summed E-state index contributed by atoms with van der Waals surface area (Å²) in [4.78, 5) is 13.5. The molecular formula is C28H51NO4. The van der Waals surface area contributed by atoms with Crippen LogP contribution in [-0.2, 0) is 4.79 Å². The van der Waals surface area contributed by atoms with Gasteiger partial charge in [0.15, 0.2) is 0 Å². The van der Waals surface area contributed by atoms with Gasteiger partial charge in [0.25, 0.3) is 0 Å². The van der Waals surface area contributed by atoms with Crippen LogP contribution in [0.25, 0.3) is 0 Å². The second-order valence-electron chi connectivity index (χ2n) is 12.1. The van der Waals surface area contributed by atoms with Crippen LogP contribution in [0.4, 0.5) is 0 Å². The van der Waals surface area contributed by atoms with E-state index in [1.165, 1.54) is 32.5 Å². The second-order valence-corrected chi connectivity index (χ2v) is 12.1. The first kappa shape index (κ1) is 26.9. The molecule has 192 valence electrons. The fraction of sp³-hybridized carbons (Fsp3) is 0.964. The van der Waals surface area contributed by atoms with Crippen molar-refractivity contribution >= 4 is 5.97 Å². The minimum Gasteiger partial charge on any atom is -0.481 e. The molecule has 0 aromatic heterocycles. The number of carboxylic acid groups (broad SMARTS) is 1. The summed E-state index contributed by atoms with van der Waals surface area (Å²) in [5.41, 5.74) is -0.576. The largest absolute Gasteiger partial charge is 0.481 e. The van der Waals surface area contributed by atoms with E-state index in [-0.39, 0.29) is 17.9 Å². The molecule has 4 rings (SSSR count). The Morgan fingerprint density at radius 2 is 1.55 bits per heavy atom. The van der Waals surface area contributed by atoms with Gasteiger partial charge in [-0.25, -0.2) is 0 Å². The van der Waals surface area contributed by atoms with E-state index in [1.807, 2.05) is 0 Å². The van der Waals surface area contributed by atoms with Gasteiger partial charge in [-0.1, -0.05) is 34.6 Å². The third kappa shape index (κ3) is 5.02. The van der Waals surface area contributed by atoms with Crippen molar-refractivity contribution in [3.8, 4) is 0 Å². The fourth-order valence-electron chi connectivity index (χ4n) is 8.74. The highest BCUT2D eigenvalue weighted by Gasteiger charge is 2.64. The van der Waals surface area contributed by atoms with Gasteiger partial charge in [0, 0.05) is 6.42 Å². The number of aliphatic carboxylic acids is 1. The van der Waals surface area contributed by atoms with Gasteiger partial charge in [-0.3, -0.25) is 4.79 Å². The Kier molecular flexibility index (Phi) is 8.60. The summed E-state index contributed by atoms with van der Waals surface area (Å²) in [5.74, 6) is 1.78. The molecule has 0 bridgehead atoms. The number of rotatable bonds is 6. The molecule has 0 aromatic carbocycles. The maximum Gasteiger partial charge on any atom is 0.303 e. The molecule has 4 aliphatic carbocycles. The van der Waals surface area contributed by atoms with Crippen molar-refractivity contribution in [2.45, 2.75) is 117 Å². The Hall–Kier alpha value is -0.650. The van der Waals surface area contributed by atoms with E-state index in [9.17, 15) is 15.0 Å². The number of hydrogen-bond acceptors (Lipinski definition) is 4. The number of nitrogens with zero attached hydrogens (tertiary/aromatic N) is 1. The molecule has 0 aromatic rings. The summed E-state index contributed by atoms with van der Waals surface area (Å²) >= 11 is 0. The van der Waals surface area contributed by atoms with Crippen LogP contribution in [0.15, 0.2) is 0 Å². The lowest BCUT2D eigenvalue weighted by atomic mass is 9.44. The highest BCUT2D eigenvalue weighted by atomic mass is 16.4. The molecule has 4 saturated carbocycles. The van der Waals surface area contributed by atoms with E-state index in [4.69, 9.17) is 5.11 Å². The molecule has 33 heavy (non-hydrogen) atoms. The average molecular weight is 466 g/mol. The maximum absolute atomic E-state index is 11.4. The number of aliphatic hydroxyl groups excluding tert-OH is 1. The highest BCUT2D eigenvalue weighted by Crippen LogP contribution is 2.68. The standard InChI is InChI=1S/C22H36O4.C6H15N/c1-20-9-5-15(23)13-14(20)3-4-16-17(20)6-10-21(2)18(16)7-11-22(21,26)12-8-19(24)25;1-4-7(5-2)6-3/h14-18,23,26H,3-13H2,1-2H3,(H,24,25);4-6H2,1-3H3/t14-,15+,16-,17+,18+,20+,21+,22-;/m1./s1. The van der Waals surface area contributed by atoms with E-state index in [0.717, 1.165) is 44.9 Å². The molecule has 0 unspecified atom stereocenters. The molecule has 4 aliphatic rings. The number of carboxylic acids is 1. The van der Waals surface area contributed by atoms with Crippen LogP contribution in [0.3, 0.4) is 0 Å². The van der Waals surface area contributed by atoms with Gasteiger partial charge in [0.05, 0.1) is 11.7 Å². The molecule has 3 N–H and O–H groups in total. The molecule has 0 saturated heterocycles. The van der Waals surface area contributed by atoms with Crippen LogP contribution < -0.4 is 0 Å². The molecule has 4 fully saturated rings. The summed E-state index contributed by atoms with van der Waals surface area (Å²) in [6.07, 6.45) is 9.89. The Bertz CT molecular complexity index is 661. The molecule has 0 heterocycles. The molecule has 8 atom stereocenters. The summed E-state index contributed by atoms with van der Waals surface area (Å²) < 4.78 is 0. The van der Waals surface area contributed by atoms with Gasteiger partial charge in [-0.05, 0) is 118 Å². The second kappa shape index (κ2) is 10.5. The van der Waals surface area contributed by atoms with E-state index in [0.29, 0.717) is 35.5 Å². The zero-order valence-electron chi connectivity index (χ0n) is 22.0. The lowest BCUT2D eigenvalue weighted by Gasteiger charge is -2.61. The van der Waals surface area contributed by atoms with E-state index in [1.54, 1.807) is 0 Å². The Labute approximate surface area is 202 Å². The van der Waals surface area contributed by atoms with Crippen molar-refractivity contribution in [3.63, 3.8) is 0 Å². The first-order chi connectivity index (χ1) is 15.5. The summed E-state index contributed by atoms with van der Waals surface area (Å²) in [5, 5.41) is 30.7. The van der Waals surface area contributed by atoms with Crippen molar-refractivity contribution < 1.29 is 20.1 Å². The van der Waals surface area contributed by atoms with Crippen LogP contribution in [0, 0.1) is 34.5 Å². The molecule has 0 radical (unpaired) electrons. The molecule has 0 amide bonds. The molecule has 0 aliphatic heterocycles. The van der Waals surface area contributed by atoms with E-state index < -0.39 is 11.6 Å². The monoisotopic (exact) mass is 465 g/mol. The molecule has 5 nitrogen and oxygen atoms in total. The van der Waals surface area contributed by atoms with Gasteiger partial charge >= 0.3 is 5.97 Å². The van der Waals surface area contributed by atoms with Crippen LogP contribution in [-0.4, -0.2) is 57.5 Å². The predicted octanol–water partition coefficient (Wildman–Crippen LogP) is 5.33. The van der Waals surface area contributed by atoms with Crippen molar-refractivity contribution in [1.29, 1.82) is 0 Å². The fourth-order valence-corrected chi connectivity index (χ4v) is 8.74. The van der Waals surface area contributed by atoms with Crippen LogP contribution in [0.2, 0.25) is 0 Å². The third-order valence-electron chi connectivity index (χ3n) is 11.1. The number of carbonyl (C=O) groups is 1. The van der Waals surface area contributed by atoms with Gasteiger partial charge in [0.1, 0.15) is 0 Å². The first-order valence-corrected chi connectivity index (χ1v) is 13.9. The smallest absolute Gasteiger partial charge is 0.303 e. The number of hydrogen-bond donors (Lipinski definition) is 3. The number of aliphatic hydroxyl groups is 2. The third-order valence-corrected chi connectivity index (χ3v) is 11.1. The van der Waals surface area contributed by atoms with Crippen molar-refractivity contribution in [1.82, 2.24) is 4.90 Å². The Morgan fingerprint density at radius 3 is 2.12 bits per heavy atom. The van der Waals surface area contributed by atoms with Crippen molar-refractivity contribution in [2.24, 2.45) is 34.5 Å². The summed E-state index contributed by atoms with van der Waals surface area (Å²) in [6, 6.07) is 0.